The fourth-order valence-corrected chi connectivity index (χ4v) is 5.25. The van der Waals surface area contributed by atoms with E-state index >= 15 is 0 Å². The molecule has 3 heterocycles. The van der Waals surface area contributed by atoms with Gasteiger partial charge < -0.3 is 4.57 Å². The standard InChI is InChI=1S/C21H21N5O3S2/c1-11-7-6-8-17(13(11)3)25-12(2)9-15(14(25)4)10-16-18(22)26-20(23-19(16)27)30-21(24-26)31(5,28)29/h6-10,22H,1-5H3/b16-10-,22-18?. The summed E-state index contributed by atoms with van der Waals surface area (Å²) in [5.41, 5.74) is 6.16. The molecule has 0 bridgehead atoms. The van der Waals surface area contributed by atoms with Crippen LogP contribution in [-0.4, -0.2) is 45.5 Å². The van der Waals surface area contributed by atoms with E-state index in [0.29, 0.717) is 0 Å². The first-order valence-electron chi connectivity index (χ1n) is 9.45. The Labute approximate surface area is 184 Å². The second-order valence-corrected chi connectivity index (χ2v) is 10.7. The molecule has 0 saturated heterocycles. The lowest BCUT2D eigenvalue weighted by Gasteiger charge is -2.20. The number of hydrogen-bond donors (Lipinski definition) is 1. The molecule has 0 aliphatic carbocycles. The summed E-state index contributed by atoms with van der Waals surface area (Å²) in [6, 6.07) is 8.07. The van der Waals surface area contributed by atoms with Gasteiger partial charge in [-0.3, -0.25) is 10.2 Å². The normalized spacial score (nSPS) is 17.8. The summed E-state index contributed by atoms with van der Waals surface area (Å²) in [6.07, 6.45) is 2.65. The number of hydrazone groups is 1. The zero-order valence-corrected chi connectivity index (χ0v) is 19.3. The third-order valence-electron chi connectivity index (χ3n) is 5.34. The van der Waals surface area contributed by atoms with Crippen LogP contribution in [-0.2, 0) is 14.6 Å². The van der Waals surface area contributed by atoms with Crippen LogP contribution in [0.3, 0.4) is 0 Å². The third kappa shape index (κ3) is 3.55. The molecule has 0 fully saturated rings. The van der Waals surface area contributed by atoms with Crippen molar-refractivity contribution in [1.82, 2.24) is 9.58 Å². The number of aliphatic imine (C=N–C) groups is 1. The number of benzene rings is 1. The molecule has 2 aliphatic rings. The van der Waals surface area contributed by atoms with Gasteiger partial charge in [0, 0.05) is 23.3 Å². The van der Waals surface area contributed by atoms with Crippen LogP contribution in [0, 0.1) is 33.1 Å². The summed E-state index contributed by atoms with van der Waals surface area (Å²) in [7, 11) is -3.57. The zero-order valence-electron chi connectivity index (χ0n) is 17.7. The molecular weight excluding hydrogens is 434 g/mol. The first kappa shape index (κ1) is 21.3. The van der Waals surface area contributed by atoms with E-state index in [2.05, 4.69) is 34.6 Å². The maximum Gasteiger partial charge on any atom is 0.283 e. The molecule has 0 unspecified atom stereocenters. The molecule has 2 aromatic rings. The lowest BCUT2D eigenvalue weighted by molar-refractivity contribution is -0.114. The minimum atomic E-state index is -3.57. The van der Waals surface area contributed by atoms with E-state index in [1.807, 2.05) is 32.0 Å². The molecule has 4 rings (SSSR count). The predicted octanol–water partition coefficient (Wildman–Crippen LogP) is 3.33. The largest absolute Gasteiger partial charge is 0.318 e. The summed E-state index contributed by atoms with van der Waals surface area (Å²) >= 11 is 0.772. The van der Waals surface area contributed by atoms with Crippen LogP contribution in [0.2, 0.25) is 0 Å². The van der Waals surface area contributed by atoms with Crippen molar-refractivity contribution in [2.75, 3.05) is 6.26 Å². The minimum Gasteiger partial charge on any atom is -0.318 e. The lowest BCUT2D eigenvalue weighted by atomic mass is 10.1. The van der Waals surface area contributed by atoms with Crippen LogP contribution >= 0.6 is 11.8 Å². The van der Waals surface area contributed by atoms with E-state index in [1.165, 1.54) is 5.56 Å². The number of aromatic nitrogens is 1. The number of sulfone groups is 1. The van der Waals surface area contributed by atoms with Crippen LogP contribution in [0.5, 0.6) is 0 Å². The van der Waals surface area contributed by atoms with Crippen molar-refractivity contribution < 1.29 is 13.2 Å². The Kier molecular flexibility index (Phi) is 5.01. The fraction of sp³-hybridized carbons (Fsp3) is 0.238. The van der Waals surface area contributed by atoms with E-state index in [9.17, 15) is 13.2 Å². The summed E-state index contributed by atoms with van der Waals surface area (Å²) in [6.45, 7) is 8.08. The van der Waals surface area contributed by atoms with Crippen LogP contribution in [0.15, 0.2) is 39.9 Å². The maximum atomic E-state index is 12.6. The first-order valence-corrected chi connectivity index (χ1v) is 12.2. The second kappa shape index (κ2) is 7.31. The van der Waals surface area contributed by atoms with Gasteiger partial charge >= 0.3 is 0 Å². The minimum absolute atomic E-state index is 0.0593. The van der Waals surface area contributed by atoms with Crippen LogP contribution < -0.4 is 0 Å². The molecule has 8 nitrogen and oxygen atoms in total. The SMILES string of the molecule is Cc1cccc(-n2c(C)cc(/C=C3/C(=N)N4N=C(S(C)(=O)=O)SC4=NC3=O)c2C)c1C. The summed E-state index contributed by atoms with van der Waals surface area (Å²) in [5, 5.41) is 13.6. The van der Waals surface area contributed by atoms with Crippen molar-refractivity contribution in [2.45, 2.75) is 27.7 Å². The van der Waals surface area contributed by atoms with E-state index in [0.717, 1.165) is 51.2 Å². The Balaban J connectivity index is 1.79. The average Bonchev–Trinajstić information content (AvgIpc) is 3.23. The highest BCUT2D eigenvalue weighted by molar-refractivity contribution is 8.42. The lowest BCUT2D eigenvalue weighted by Crippen LogP contribution is -2.35. The number of amidine groups is 2. The van der Waals surface area contributed by atoms with Gasteiger partial charge in [0.15, 0.2) is 5.84 Å². The molecule has 1 N–H and O–H groups in total. The molecule has 1 aromatic carbocycles. The molecule has 1 amide bonds. The van der Waals surface area contributed by atoms with E-state index < -0.39 is 15.7 Å². The molecule has 31 heavy (non-hydrogen) atoms. The molecule has 10 heteroatoms. The van der Waals surface area contributed by atoms with Gasteiger partial charge in [0.25, 0.3) is 5.91 Å². The van der Waals surface area contributed by atoms with Gasteiger partial charge in [0.1, 0.15) is 0 Å². The molecule has 1 aromatic heterocycles. The molecule has 0 spiro atoms. The van der Waals surface area contributed by atoms with Crippen molar-refractivity contribution in [3.05, 3.63) is 57.9 Å². The van der Waals surface area contributed by atoms with Crippen molar-refractivity contribution in [3.63, 3.8) is 0 Å². The Morgan fingerprint density at radius 3 is 2.55 bits per heavy atom. The Bertz CT molecular complexity index is 1360. The average molecular weight is 456 g/mol. The molecule has 0 radical (unpaired) electrons. The zero-order chi connectivity index (χ0) is 22.7. The Morgan fingerprint density at radius 1 is 1.16 bits per heavy atom. The fourth-order valence-electron chi connectivity index (χ4n) is 3.56. The summed E-state index contributed by atoms with van der Waals surface area (Å²) in [5.74, 6) is -0.789. The van der Waals surface area contributed by atoms with Crippen LogP contribution in [0.1, 0.15) is 28.1 Å². The topological polar surface area (TPSA) is 108 Å². The molecular formula is C21H21N5O3S2. The Hall–Kier alpha value is -2.98. The second-order valence-electron chi connectivity index (χ2n) is 7.54. The number of aryl methyl sites for hydroxylation is 2. The molecule has 0 saturated carbocycles. The number of fused-ring (bicyclic) bond motifs is 1. The highest BCUT2D eigenvalue weighted by atomic mass is 32.3. The van der Waals surface area contributed by atoms with Gasteiger partial charge in [-0.25, -0.2) is 8.42 Å². The van der Waals surface area contributed by atoms with Gasteiger partial charge in [0.05, 0.1) is 5.57 Å². The monoisotopic (exact) mass is 455 g/mol. The quantitative estimate of drug-likeness (QED) is 0.699. The number of thioether (sulfide) groups is 1. The number of carbonyl (C=O) groups is 1. The molecule has 0 atom stereocenters. The van der Waals surface area contributed by atoms with Gasteiger partial charge in [0.2, 0.25) is 19.4 Å². The number of carbonyl (C=O) groups excluding carboxylic acids is 1. The smallest absolute Gasteiger partial charge is 0.283 e. The number of rotatable bonds is 2. The molecule has 160 valence electrons. The third-order valence-corrected chi connectivity index (χ3v) is 7.92. The van der Waals surface area contributed by atoms with Gasteiger partial charge in [-0.2, -0.15) is 10.0 Å². The Morgan fingerprint density at radius 2 is 1.87 bits per heavy atom. The van der Waals surface area contributed by atoms with Crippen LogP contribution in [0.4, 0.5) is 0 Å². The first-order chi connectivity index (χ1) is 14.5. The number of nitrogens with one attached hydrogen (secondary N) is 1. The van der Waals surface area contributed by atoms with Crippen molar-refractivity contribution in [1.29, 1.82) is 5.41 Å². The van der Waals surface area contributed by atoms with Gasteiger partial charge in [-0.15, -0.1) is 5.10 Å². The number of hydrogen-bond acceptors (Lipinski definition) is 6. The van der Waals surface area contributed by atoms with Gasteiger partial charge in [-0.1, -0.05) is 12.1 Å². The van der Waals surface area contributed by atoms with E-state index in [4.69, 9.17) is 5.41 Å². The maximum absolute atomic E-state index is 12.6. The van der Waals surface area contributed by atoms with Crippen molar-refractivity contribution in [3.8, 4) is 5.69 Å². The number of amides is 1. The highest BCUT2D eigenvalue weighted by Crippen LogP contribution is 2.31. The van der Waals surface area contributed by atoms with Crippen molar-refractivity contribution >= 4 is 49.0 Å². The van der Waals surface area contributed by atoms with Gasteiger partial charge in [-0.05, 0) is 74.4 Å². The summed E-state index contributed by atoms with van der Waals surface area (Å²) < 4.78 is 25.5. The highest BCUT2D eigenvalue weighted by Gasteiger charge is 2.38. The molecule has 2 aliphatic heterocycles. The van der Waals surface area contributed by atoms with E-state index in [1.54, 1.807) is 6.08 Å². The summed E-state index contributed by atoms with van der Waals surface area (Å²) in [4.78, 5) is 16.6. The number of nitrogens with zero attached hydrogens (tertiary/aromatic N) is 4. The predicted molar refractivity (Wildman–Crippen MR) is 125 cm³/mol. The van der Waals surface area contributed by atoms with Crippen LogP contribution in [0.25, 0.3) is 11.8 Å². The van der Waals surface area contributed by atoms with E-state index in [-0.39, 0.29) is 21.0 Å². The van der Waals surface area contributed by atoms with Crippen molar-refractivity contribution in [2.24, 2.45) is 10.1 Å².